The number of aliphatic hydroxyl groups is 1. The molecule has 0 radical (unpaired) electrons. The largest absolute Gasteiger partial charge is 0.391 e. The maximum atomic E-state index is 12.1. The molecule has 1 amide bonds. The number of amides is 1. The Bertz CT molecular complexity index is 405. The van der Waals surface area contributed by atoms with Crippen LogP contribution in [-0.2, 0) is 5.75 Å². The van der Waals surface area contributed by atoms with Crippen molar-refractivity contribution in [3.63, 3.8) is 0 Å². The van der Waals surface area contributed by atoms with Gasteiger partial charge >= 0.3 is 0 Å². The Kier molecular flexibility index (Phi) is 4.66. The second kappa shape index (κ2) is 6.25. The molecule has 1 atom stereocenters. The molecule has 1 aliphatic heterocycles. The highest BCUT2D eigenvalue weighted by Gasteiger charge is 2.25. The van der Waals surface area contributed by atoms with E-state index in [1.807, 2.05) is 36.0 Å². The Hall–Kier alpha value is -1.00. The van der Waals surface area contributed by atoms with Gasteiger partial charge in [-0.2, -0.15) is 11.8 Å². The SMILES string of the molecule is CCSCc1ccc(C(=O)N2CC[C@@H](O)C2)cc1. The average Bonchev–Trinajstić information content (AvgIpc) is 2.83. The van der Waals surface area contributed by atoms with E-state index in [9.17, 15) is 9.90 Å². The van der Waals surface area contributed by atoms with E-state index in [1.165, 1.54) is 5.56 Å². The van der Waals surface area contributed by atoms with Gasteiger partial charge in [-0.3, -0.25) is 4.79 Å². The summed E-state index contributed by atoms with van der Waals surface area (Å²) in [6, 6.07) is 7.81. The normalized spacial score (nSPS) is 19.2. The second-order valence-electron chi connectivity index (χ2n) is 4.53. The number of carbonyl (C=O) groups excluding carboxylic acids is 1. The fraction of sp³-hybridized carbons (Fsp3) is 0.500. The first-order valence-corrected chi connectivity index (χ1v) is 7.50. The minimum absolute atomic E-state index is 0.0289. The first-order chi connectivity index (χ1) is 8.70. The molecule has 3 nitrogen and oxygen atoms in total. The molecular weight excluding hydrogens is 246 g/mol. The standard InChI is InChI=1S/C14H19NO2S/c1-2-18-10-11-3-5-12(6-4-11)14(17)15-8-7-13(16)9-15/h3-6,13,16H,2,7-10H2,1H3/t13-/m1/s1. The van der Waals surface area contributed by atoms with Gasteiger partial charge in [0.15, 0.2) is 0 Å². The molecule has 0 aromatic heterocycles. The van der Waals surface area contributed by atoms with Crippen LogP contribution in [0.1, 0.15) is 29.3 Å². The van der Waals surface area contributed by atoms with E-state index in [4.69, 9.17) is 0 Å². The van der Waals surface area contributed by atoms with Crippen LogP contribution in [0.3, 0.4) is 0 Å². The Morgan fingerprint density at radius 2 is 2.17 bits per heavy atom. The number of benzene rings is 1. The van der Waals surface area contributed by atoms with Crippen LogP contribution in [0, 0.1) is 0 Å². The van der Waals surface area contributed by atoms with E-state index in [-0.39, 0.29) is 12.0 Å². The molecule has 1 heterocycles. The van der Waals surface area contributed by atoms with Gasteiger partial charge in [0.25, 0.3) is 5.91 Å². The van der Waals surface area contributed by atoms with E-state index in [1.54, 1.807) is 4.90 Å². The van der Waals surface area contributed by atoms with Crippen LogP contribution in [0.15, 0.2) is 24.3 Å². The van der Waals surface area contributed by atoms with Crippen molar-refractivity contribution in [2.45, 2.75) is 25.2 Å². The summed E-state index contributed by atoms with van der Waals surface area (Å²) in [5, 5.41) is 9.44. The second-order valence-corrected chi connectivity index (χ2v) is 5.80. The molecule has 98 valence electrons. The Balaban J connectivity index is 1.98. The van der Waals surface area contributed by atoms with E-state index in [0.29, 0.717) is 25.1 Å². The fourth-order valence-corrected chi connectivity index (χ4v) is 2.70. The third-order valence-electron chi connectivity index (χ3n) is 3.12. The van der Waals surface area contributed by atoms with Crippen LogP contribution in [0.4, 0.5) is 0 Å². The first-order valence-electron chi connectivity index (χ1n) is 6.34. The lowest BCUT2D eigenvalue weighted by Crippen LogP contribution is -2.29. The highest BCUT2D eigenvalue weighted by atomic mass is 32.2. The number of carbonyl (C=O) groups is 1. The predicted octanol–water partition coefficient (Wildman–Crippen LogP) is 2.15. The predicted molar refractivity (Wildman–Crippen MR) is 74.8 cm³/mol. The van der Waals surface area contributed by atoms with Crippen LogP contribution >= 0.6 is 11.8 Å². The molecule has 1 N–H and O–H groups in total. The van der Waals surface area contributed by atoms with E-state index in [0.717, 1.165) is 11.5 Å². The minimum Gasteiger partial charge on any atom is -0.391 e. The molecule has 2 rings (SSSR count). The first kappa shape index (κ1) is 13.4. The molecule has 4 heteroatoms. The lowest BCUT2D eigenvalue weighted by molar-refractivity contribution is 0.0765. The van der Waals surface area contributed by atoms with Crippen molar-refractivity contribution >= 4 is 17.7 Å². The number of hydrogen-bond donors (Lipinski definition) is 1. The Morgan fingerprint density at radius 3 is 2.72 bits per heavy atom. The van der Waals surface area contributed by atoms with E-state index < -0.39 is 0 Å². The third kappa shape index (κ3) is 3.27. The monoisotopic (exact) mass is 265 g/mol. The molecule has 0 saturated carbocycles. The summed E-state index contributed by atoms with van der Waals surface area (Å²) in [5.74, 6) is 2.13. The average molecular weight is 265 g/mol. The van der Waals surface area contributed by atoms with Gasteiger partial charge in [-0.15, -0.1) is 0 Å². The molecule has 18 heavy (non-hydrogen) atoms. The van der Waals surface area contributed by atoms with Crippen molar-refractivity contribution in [1.29, 1.82) is 0 Å². The molecule has 1 saturated heterocycles. The van der Waals surface area contributed by atoms with Crippen molar-refractivity contribution < 1.29 is 9.90 Å². The summed E-state index contributed by atoms with van der Waals surface area (Å²) < 4.78 is 0. The summed E-state index contributed by atoms with van der Waals surface area (Å²) in [4.78, 5) is 13.9. The number of aliphatic hydroxyl groups excluding tert-OH is 1. The summed E-state index contributed by atoms with van der Waals surface area (Å²) in [7, 11) is 0. The highest BCUT2D eigenvalue weighted by Crippen LogP contribution is 2.16. The van der Waals surface area contributed by atoms with Crippen molar-refractivity contribution in [2.24, 2.45) is 0 Å². The Morgan fingerprint density at radius 1 is 1.44 bits per heavy atom. The zero-order chi connectivity index (χ0) is 13.0. The molecule has 1 aromatic rings. The molecule has 1 aromatic carbocycles. The molecular formula is C14H19NO2S. The quantitative estimate of drug-likeness (QED) is 0.907. The van der Waals surface area contributed by atoms with Crippen molar-refractivity contribution in [3.8, 4) is 0 Å². The molecule has 0 bridgehead atoms. The topological polar surface area (TPSA) is 40.5 Å². The summed E-state index contributed by atoms with van der Waals surface area (Å²) in [6.07, 6.45) is 0.339. The van der Waals surface area contributed by atoms with Gasteiger partial charge in [-0.1, -0.05) is 19.1 Å². The maximum absolute atomic E-state index is 12.1. The minimum atomic E-state index is -0.353. The van der Waals surface area contributed by atoms with E-state index in [2.05, 4.69) is 6.92 Å². The number of nitrogens with zero attached hydrogens (tertiary/aromatic N) is 1. The summed E-state index contributed by atoms with van der Waals surface area (Å²) >= 11 is 1.87. The van der Waals surface area contributed by atoms with Crippen molar-refractivity contribution in [1.82, 2.24) is 4.90 Å². The van der Waals surface area contributed by atoms with Gasteiger partial charge in [-0.25, -0.2) is 0 Å². The molecule has 1 aliphatic rings. The van der Waals surface area contributed by atoms with Crippen LogP contribution < -0.4 is 0 Å². The van der Waals surface area contributed by atoms with Crippen molar-refractivity contribution in [2.75, 3.05) is 18.8 Å². The van der Waals surface area contributed by atoms with Crippen LogP contribution in [0.2, 0.25) is 0 Å². The van der Waals surface area contributed by atoms with Gasteiger partial charge in [0.2, 0.25) is 0 Å². The molecule has 0 spiro atoms. The van der Waals surface area contributed by atoms with Gasteiger partial charge < -0.3 is 10.0 Å². The number of likely N-dealkylation sites (tertiary alicyclic amines) is 1. The zero-order valence-corrected chi connectivity index (χ0v) is 11.4. The fourth-order valence-electron chi connectivity index (χ4n) is 2.07. The van der Waals surface area contributed by atoms with Gasteiger partial charge in [0.05, 0.1) is 6.10 Å². The zero-order valence-electron chi connectivity index (χ0n) is 10.6. The van der Waals surface area contributed by atoms with Gasteiger partial charge in [0.1, 0.15) is 0 Å². The van der Waals surface area contributed by atoms with Crippen molar-refractivity contribution in [3.05, 3.63) is 35.4 Å². The molecule has 0 aliphatic carbocycles. The number of thioether (sulfide) groups is 1. The molecule has 1 fully saturated rings. The molecule has 0 unspecified atom stereocenters. The number of rotatable bonds is 4. The lowest BCUT2D eigenvalue weighted by atomic mass is 10.1. The number of β-amino-alcohol motifs (C(OH)–C–C–N with tert-alkyl or cyclic N) is 1. The van der Waals surface area contributed by atoms with Crippen LogP contribution in [0.5, 0.6) is 0 Å². The summed E-state index contributed by atoms with van der Waals surface area (Å²) in [6.45, 7) is 3.26. The Labute approximate surface area is 112 Å². The van der Waals surface area contributed by atoms with Crippen LogP contribution in [0.25, 0.3) is 0 Å². The smallest absolute Gasteiger partial charge is 0.253 e. The highest BCUT2D eigenvalue weighted by molar-refractivity contribution is 7.98. The summed E-state index contributed by atoms with van der Waals surface area (Å²) in [5.41, 5.74) is 1.97. The number of hydrogen-bond acceptors (Lipinski definition) is 3. The van der Waals surface area contributed by atoms with Crippen LogP contribution in [-0.4, -0.2) is 40.9 Å². The van der Waals surface area contributed by atoms with Gasteiger partial charge in [0, 0.05) is 24.4 Å². The third-order valence-corrected chi connectivity index (χ3v) is 4.07. The van der Waals surface area contributed by atoms with E-state index >= 15 is 0 Å². The maximum Gasteiger partial charge on any atom is 0.253 e. The van der Waals surface area contributed by atoms with Gasteiger partial charge in [-0.05, 0) is 29.9 Å². The lowest BCUT2D eigenvalue weighted by Gasteiger charge is -2.15.